The minimum Gasteiger partial charge on any atom is -0.468 e. The van der Waals surface area contributed by atoms with Crippen molar-refractivity contribution in [3.63, 3.8) is 0 Å². The average molecular weight is 165 g/mol. The molecule has 1 heterocycles. The number of hydrogen-bond acceptors (Lipinski definition) is 2. The highest BCUT2D eigenvalue weighted by Gasteiger charge is 2.30. The summed E-state index contributed by atoms with van der Waals surface area (Å²) in [6.07, 6.45) is 4.44. The zero-order valence-corrected chi connectivity index (χ0v) is 7.66. The molecule has 0 aliphatic heterocycles. The van der Waals surface area contributed by atoms with Crippen LogP contribution in [0.25, 0.3) is 0 Å². The van der Waals surface area contributed by atoms with E-state index in [-0.39, 0.29) is 0 Å². The molecule has 1 aromatic rings. The maximum Gasteiger partial charge on any atom is 0.120 e. The fourth-order valence-corrected chi connectivity index (χ4v) is 1.53. The van der Waals surface area contributed by atoms with E-state index in [1.165, 1.54) is 12.8 Å². The molecule has 0 spiro atoms. The van der Waals surface area contributed by atoms with Crippen molar-refractivity contribution in [3.8, 4) is 0 Å². The summed E-state index contributed by atoms with van der Waals surface area (Å²) in [6, 6.07) is 5.22. The van der Waals surface area contributed by atoms with Crippen LogP contribution in [0.5, 0.6) is 0 Å². The molecule has 1 fully saturated rings. The Labute approximate surface area is 73.2 Å². The van der Waals surface area contributed by atoms with Gasteiger partial charge < -0.3 is 4.42 Å². The molecule has 0 bridgehead atoms. The fraction of sp³-hybridized carbons (Fsp3) is 0.600. The zero-order chi connectivity index (χ0) is 8.55. The lowest BCUT2D eigenvalue weighted by molar-refractivity contribution is 0.222. The molecular weight excluding hydrogens is 150 g/mol. The minimum atomic E-state index is 0.424. The van der Waals surface area contributed by atoms with Crippen molar-refractivity contribution in [1.82, 2.24) is 4.90 Å². The second-order valence-electron chi connectivity index (χ2n) is 3.59. The first-order chi connectivity index (χ1) is 5.79. The van der Waals surface area contributed by atoms with Gasteiger partial charge in [0.2, 0.25) is 0 Å². The first kappa shape index (κ1) is 7.87. The van der Waals surface area contributed by atoms with Crippen molar-refractivity contribution in [1.29, 1.82) is 0 Å². The summed E-state index contributed by atoms with van der Waals surface area (Å²) in [4.78, 5) is 2.39. The van der Waals surface area contributed by atoms with E-state index in [0.29, 0.717) is 6.04 Å². The van der Waals surface area contributed by atoms with E-state index in [4.69, 9.17) is 4.42 Å². The molecule has 2 nitrogen and oxygen atoms in total. The molecule has 1 aliphatic rings. The lowest BCUT2D eigenvalue weighted by Gasteiger charge is -2.22. The zero-order valence-electron chi connectivity index (χ0n) is 7.66. The maximum atomic E-state index is 5.35. The third kappa shape index (κ3) is 1.39. The normalized spacial score (nSPS) is 19.9. The van der Waals surface area contributed by atoms with Crippen LogP contribution in [-0.2, 0) is 0 Å². The van der Waals surface area contributed by atoms with Crippen LogP contribution in [0.1, 0.15) is 31.6 Å². The van der Waals surface area contributed by atoms with Crippen LogP contribution in [0, 0.1) is 0 Å². The SMILES string of the molecule is CC(c1ccco1)N(C)C1CC1. The van der Waals surface area contributed by atoms with Crippen LogP contribution in [-0.4, -0.2) is 18.0 Å². The van der Waals surface area contributed by atoms with Gasteiger partial charge in [0.25, 0.3) is 0 Å². The van der Waals surface area contributed by atoms with E-state index >= 15 is 0 Å². The van der Waals surface area contributed by atoms with Gasteiger partial charge in [0, 0.05) is 6.04 Å². The average Bonchev–Trinajstić information content (AvgIpc) is 2.79. The molecule has 0 radical (unpaired) electrons. The Morgan fingerprint density at radius 1 is 1.58 bits per heavy atom. The third-order valence-corrected chi connectivity index (χ3v) is 2.69. The Morgan fingerprint density at radius 3 is 2.83 bits per heavy atom. The molecule has 0 aromatic carbocycles. The summed E-state index contributed by atoms with van der Waals surface area (Å²) in [7, 11) is 2.17. The van der Waals surface area contributed by atoms with Crippen LogP contribution >= 0.6 is 0 Å². The molecule has 1 saturated carbocycles. The standard InChI is InChI=1S/C10H15NO/c1-8(10-4-3-7-12-10)11(2)9-5-6-9/h3-4,7-9H,5-6H2,1-2H3. The van der Waals surface area contributed by atoms with E-state index < -0.39 is 0 Å². The van der Waals surface area contributed by atoms with Gasteiger partial charge in [0.1, 0.15) is 5.76 Å². The molecule has 12 heavy (non-hydrogen) atoms. The largest absolute Gasteiger partial charge is 0.468 e. The van der Waals surface area contributed by atoms with Crippen LogP contribution in [0.4, 0.5) is 0 Å². The number of rotatable bonds is 3. The molecule has 0 amide bonds. The Morgan fingerprint density at radius 2 is 2.33 bits per heavy atom. The van der Waals surface area contributed by atoms with Gasteiger partial charge in [0.05, 0.1) is 12.3 Å². The van der Waals surface area contributed by atoms with Crippen LogP contribution < -0.4 is 0 Å². The van der Waals surface area contributed by atoms with Gasteiger partial charge in [-0.3, -0.25) is 4.90 Å². The van der Waals surface area contributed by atoms with Crippen molar-refractivity contribution in [3.05, 3.63) is 24.2 Å². The molecule has 0 saturated heterocycles. The van der Waals surface area contributed by atoms with E-state index in [1.807, 2.05) is 12.1 Å². The third-order valence-electron chi connectivity index (χ3n) is 2.69. The Kier molecular flexibility index (Phi) is 1.93. The van der Waals surface area contributed by atoms with Crippen molar-refractivity contribution < 1.29 is 4.42 Å². The minimum absolute atomic E-state index is 0.424. The highest BCUT2D eigenvalue weighted by molar-refractivity contribution is 5.04. The summed E-state index contributed by atoms with van der Waals surface area (Å²) in [5.74, 6) is 1.07. The van der Waals surface area contributed by atoms with E-state index in [2.05, 4.69) is 18.9 Å². The van der Waals surface area contributed by atoms with E-state index in [9.17, 15) is 0 Å². The summed E-state index contributed by atoms with van der Waals surface area (Å²) in [5.41, 5.74) is 0. The summed E-state index contributed by atoms with van der Waals surface area (Å²) < 4.78 is 5.35. The predicted octanol–water partition coefficient (Wildman–Crippen LogP) is 2.43. The molecule has 66 valence electrons. The quantitative estimate of drug-likeness (QED) is 0.684. The fourth-order valence-electron chi connectivity index (χ4n) is 1.53. The summed E-state index contributed by atoms with van der Waals surface area (Å²) in [6.45, 7) is 2.19. The van der Waals surface area contributed by atoms with Crippen molar-refractivity contribution in [2.75, 3.05) is 7.05 Å². The molecule has 1 atom stereocenters. The molecule has 1 aliphatic carbocycles. The Bertz CT molecular complexity index is 238. The van der Waals surface area contributed by atoms with Gasteiger partial charge in [-0.15, -0.1) is 0 Å². The van der Waals surface area contributed by atoms with Crippen molar-refractivity contribution in [2.24, 2.45) is 0 Å². The Hall–Kier alpha value is -0.760. The molecule has 2 rings (SSSR count). The molecule has 0 N–H and O–H groups in total. The Balaban J connectivity index is 2.03. The lowest BCUT2D eigenvalue weighted by atomic mass is 10.2. The van der Waals surface area contributed by atoms with Gasteiger partial charge in [-0.2, -0.15) is 0 Å². The monoisotopic (exact) mass is 165 g/mol. The van der Waals surface area contributed by atoms with Crippen LogP contribution in [0.2, 0.25) is 0 Å². The van der Waals surface area contributed by atoms with Gasteiger partial charge >= 0.3 is 0 Å². The van der Waals surface area contributed by atoms with Crippen molar-refractivity contribution >= 4 is 0 Å². The van der Waals surface area contributed by atoms with Crippen molar-refractivity contribution in [2.45, 2.75) is 31.8 Å². The van der Waals surface area contributed by atoms with E-state index in [0.717, 1.165) is 11.8 Å². The number of hydrogen-bond donors (Lipinski definition) is 0. The smallest absolute Gasteiger partial charge is 0.120 e. The number of nitrogens with zero attached hydrogens (tertiary/aromatic N) is 1. The molecule has 1 unspecified atom stereocenters. The van der Waals surface area contributed by atoms with Gasteiger partial charge in [-0.25, -0.2) is 0 Å². The predicted molar refractivity (Wildman–Crippen MR) is 47.9 cm³/mol. The lowest BCUT2D eigenvalue weighted by Crippen LogP contribution is -2.24. The molecular formula is C10H15NO. The van der Waals surface area contributed by atoms with Gasteiger partial charge in [-0.05, 0) is 38.9 Å². The summed E-state index contributed by atoms with van der Waals surface area (Å²) >= 11 is 0. The highest BCUT2D eigenvalue weighted by Crippen LogP contribution is 2.32. The first-order valence-electron chi connectivity index (χ1n) is 4.54. The number of furan rings is 1. The molecule has 1 aromatic heterocycles. The highest BCUT2D eigenvalue weighted by atomic mass is 16.3. The van der Waals surface area contributed by atoms with E-state index in [1.54, 1.807) is 6.26 Å². The van der Waals surface area contributed by atoms with Crippen LogP contribution in [0.15, 0.2) is 22.8 Å². The maximum absolute atomic E-state index is 5.35. The summed E-state index contributed by atoms with van der Waals surface area (Å²) in [5, 5.41) is 0. The van der Waals surface area contributed by atoms with Crippen LogP contribution in [0.3, 0.4) is 0 Å². The second kappa shape index (κ2) is 2.94. The first-order valence-corrected chi connectivity index (χ1v) is 4.54. The second-order valence-corrected chi connectivity index (χ2v) is 3.59. The van der Waals surface area contributed by atoms with Gasteiger partial charge in [0.15, 0.2) is 0 Å². The topological polar surface area (TPSA) is 16.4 Å². The molecule has 2 heteroatoms. The van der Waals surface area contributed by atoms with Gasteiger partial charge in [-0.1, -0.05) is 0 Å².